The number of nitrogens with one attached hydrogen (secondary N) is 1. The van der Waals surface area contributed by atoms with E-state index in [9.17, 15) is 0 Å². The van der Waals surface area contributed by atoms with E-state index in [4.69, 9.17) is 12.2 Å². The monoisotopic (exact) mass is 336 g/mol. The molecule has 1 aromatic carbocycles. The van der Waals surface area contributed by atoms with Crippen LogP contribution in [0.4, 0.5) is 5.69 Å². The third-order valence-electron chi connectivity index (χ3n) is 4.60. The maximum absolute atomic E-state index is 5.68. The first-order valence-electron chi connectivity index (χ1n) is 8.51. The van der Waals surface area contributed by atoms with Crippen molar-refractivity contribution >= 4 is 44.8 Å². The van der Waals surface area contributed by atoms with E-state index in [-0.39, 0.29) is 0 Å². The lowest BCUT2D eigenvalue weighted by molar-refractivity contribution is 0.441. The highest BCUT2D eigenvalue weighted by Crippen LogP contribution is 2.29. The zero-order valence-corrected chi connectivity index (χ0v) is 14.4. The summed E-state index contributed by atoms with van der Waals surface area (Å²) in [6, 6.07) is 10.2. The van der Waals surface area contributed by atoms with Gasteiger partial charge in [-0.05, 0) is 49.3 Å². The highest BCUT2D eigenvalue weighted by molar-refractivity contribution is 7.80. The Morgan fingerprint density at radius 1 is 0.958 bits per heavy atom. The second-order valence-corrected chi connectivity index (χ2v) is 6.62. The number of thiocarbonyl (C=S) groups is 1. The van der Waals surface area contributed by atoms with Gasteiger partial charge >= 0.3 is 0 Å². The number of likely N-dealkylation sites (tertiary alicyclic amines) is 1. The Balaban J connectivity index is 1.73. The van der Waals surface area contributed by atoms with Crippen molar-refractivity contribution in [3.8, 4) is 0 Å². The molecule has 0 atom stereocenters. The zero-order valence-electron chi connectivity index (χ0n) is 13.5. The minimum atomic E-state index is 0.810. The van der Waals surface area contributed by atoms with Crippen LogP contribution in [-0.2, 0) is 0 Å². The highest BCUT2D eigenvalue weighted by Gasteiger charge is 2.14. The van der Waals surface area contributed by atoms with E-state index < -0.39 is 0 Å². The van der Waals surface area contributed by atoms with Gasteiger partial charge in [0.1, 0.15) is 0 Å². The van der Waals surface area contributed by atoms with Gasteiger partial charge in [0.2, 0.25) is 0 Å². The molecule has 122 valence electrons. The summed E-state index contributed by atoms with van der Waals surface area (Å²) in [4.78, 5) is 11.3. The summed E-state index contributed by atoms with van der Waals surface area (Å²) in [6.07, 6.45) is 8.65. The van der Waals surface area contributed by atoms with Crippen LogP contribution in [0.2, 0.25) is 0 Å². The fraction of sp³-hybridized carbons (Fsp3) is 0.316. The Hall–Kier alpha value is -2.27. The molecule has 4 rings (SSSR count). The molecule has 4 nitrogen and oxygen atoms in total. The molecule has 0 spiro atoms. The summed E-state index contributed by atoms with van der Waals surface area (Å²) < 4.78 is 0. The fourth-order valence-electron chi connectivity index (χ4n) is 3.35. The number of nitrogens with zero attached hydrogens (tertiary/aromatic N) is 3. The first kappa shape index (κ1) is 15.3. The van der Waals surface area contributed by atoms with E-state index in [0.29, 0.717) is 0 Å². The van der Waals surface area contributed by atoms with Crippen LogP contribution < -0.4 is 5.32 Å². The summed E-state index contributed by atoms with van der Waals surface area (Å²) in [7, 11) is 0. The molecule has 0 amide bonds. The average molecular weight is 336 g/mol. The van der Waals surface area contributed by atoms with Gasteiger partial charge in [-0.2, -0.15) is 0 Å². The molecule has 0 unspecified atom stereocenters. The molecule has 0 aliphatic carbocycles. The summed E-state index contributed by atoms with van der Waals surface area (Å²) in [5.41, 5.74) is 2.85. The molecule has 1 aliphatic rings. The van der Waals surface area contributed by atoms with Gasteiger partial charge in [-0.3, -0.25) is 9.97 Å². The Morgan fingerprint density at radius 3 is 2.46 bits per heavy atom. The first-order chi connectivity index (χ1) is 11.8. The predicted molar refractivity (Wildman–Crippen MR) is 103 cm³/mol. The second kappa shape index (κ2) is 6.69. The van der Waals surface area contributed by atoms with Crippen LogP contribution in [0.3, 0.4) is 0 Å². The molecule has 1 N–H and O–H groups in total. The molecule has 1 fully saturated rings. The smallest absolute Gasteiger partial charge is 0.173 e. The third-order valence-corrected chi connectivity index (χ3v) is 4.96. The van der Waals surface area contributed by atoms with Crippen LogP contribution in [0.1, 0.15) is 25.7 Å². The van der Waals surface area contributed by atoms with Gasteiger partial charge in [-0.25, -0.2) is 0 Å². The Morgan fingerprint density at radius 2 is 1.67 bits per heavy atom. The van der Waals surface area contributed by atoms with E-state index in [2.05, 4.69) is 38.4 Å². The van der Waals surface area contributed by atoms with Crippen LogP contribution >= 0.6 is 12.2 Å². The van der Waals surface area contributed by atoms with E-state index in [0.717, 1.165) is 45.7 Å². The average Bonchev–Trinajstić information content (AvgIpc) is 2.91. The SMILES string of the molecule is S=C(Nc1cc2cccnc2c2ncccc12)N1CCCCCC1. The summed E-state index contributed by atoms with van der Waals surface area (Å²) >= 11 is 5.68. The molecular formula is C19H20N4S. The number of hydrogen-bond donors (Lipinski definition) is 1. The zero-order chi connectivity index (χ0) is 16.4. The molecule has 0 bridgehead atoms. The van der Waals surface area contributed by atoms with Crippen LogP contribution in [0.15, 0.2) is 42.7 Å². The van der Waals surface area contributed by atoms with Crippen molar-refractivity contribution < 1.29 is 0 Å². The van der Waals surface area contributed by atoms with Gasteiger partial charge in [-0.1, -0.05) is 18.9 Å². The molecule has 1 saturated heterocycles. The third kappa shape index (κ3) is 2.91. The van der Waals surface area contributed by atoms with Crippen molar-refractivity contribution in [1.29, 1.82) is 0 Å². The number of pyridine rings is 2. The number of hydrogen-bond acceptors (Lipinski definition) is 3. The van der Waals surface area contributed by atoms with Crippen LogP contribution in [-0.4, -0.2) is 33.1 Å². The van der Waals surface area contributed by atoms with Gasteiger partial charge in [0.15, 0.2) is 5.11 Å². The minimum Gasteiger partial charge on any atom is -0.349 e. The molecule has 2 aromatic heterocycles. The van der Waals surface area contributed by atoms with Crippen LogP contribution in [0.25, 0.3) is 21.8 Å². The summed E-state index contributed by atoms with van der Waals surface area (Å²) in [6.45, 7) is 2.08. The molecule has 5 heteroatoms. The van der Waals surface area contributed by atoms with E-state index in [1.165, 1.54) is 25.7 Å². The van der Waals surface area contributed by atoms with E-state index >= 15 is 0 Å². The number of rotatable bonds is 1. The first-order valence-corrected chi connectivity index (χ1v) is 8.92. The lowest BCUT2D eigenvalue weighted by Gasteiger charge is -2.24. The number of fused-ring (bicyclic) bond motifs is 3. The number of aromatic nitrogens is 2. The topological polar surface area (TPSA) is 41.1 Å². The van der Waals surface area contributed by atoms with Gasteiger partial charge in [0.25, 0.3) is 0 Å². The van der Waals surface area contributed by atoms with Gasteiger partial charge in [0, 0.05) is 36.3 Å². The molecule has 0 saturated carbocycles. The van der Waals surface area contributed by atoms with E-state index in [1.54, 1.807) is 0 Å². The Bertz CT molecular complexity index is 885. The normalized spacial score (nSPS) is 15.4. The lowest BCUT2D eigenvalue weighted by atomic mass is 10.1. The highest BCUT2D eigenvalue weighted by atomic mass is 32.1. The van der Waals surface area contributed by atoms with Crippen molar-refractivity contribution in [2.45, 2.75) is 25.7 Å². The fourth-order valence-corrected chi connectivity index (χ4v) is 3.64. The summed E-state index contributed by atoms with van der Waals surface area (Å²) in [5.74, 6) is 0. The van der Waals surface area contributed by atoms with Crippen LogP contribution in [0, 0.1) is 0 Å². The van der Waals surface area contributed by atoms with Crippen molar-refractivity contribution in [2.24, 2.45) is 0 Å². The number of anilines is 1. The standard InChI is InChI=1S/C19H20N4S/c24-19(23-11-3-1-2-4-12-23)22-16-13-14-7-5-9-20-17(14)18-15(16)8-6-10-21-18/h5-10,13H,1-4,11-12H2,(H,22,24). The van der Waals surface area contributed by atoms with Gasteiger partial charge in [0.05, 0.1) is 16.7 Å². The molecule has 3 heterocycles. The largest absolute Gasteiger partial charge is 0.349 e. The maximum Gasteiger partial charge on any atom is 0.173 e. The quantitative estimate of drug-likeness (QED) is 0.528. The molecule has 1 aliphatic heterocycles. The molecular weight excluding hydrogens is 316 g/mol. The van der Waals surface area contributed by atoms with Crippen molar-refractivity contribution in [3.05, 3.63) is 42.7 Å². The lowest BCUT2D eigenvalue weighted by Crippen LogP contribution is -2.35. The molecule has 3 aromatic rings. The number of benzene rings is 1. The Labute approximate surface area is 146 Å². The predicted octanol–water partition coefficient (Wildman–Crippen LogP) is 4.36. The van der Waals surface area contributed by atoms with Crippen molar-refractivity contribution in [3.63, 3.8) is 0 Å². The van der Waals surface area contributed by atoms with Crippen molar-refractivity contribution in [2.75, 3.05) is 18.4 Å². The second-order valence-electron chi connectivity index (χ2n) is 6.23. The van der Waals surface area contributed by atoms with Crippen LogP contribution in [0.5, 0.6) is 0 Å². The van der Waals surface area contributed by atoms with Gasteiger partial charge < -0.3 is 10.2 Å². The van der Waals surface area contributed by atoms with Gasteiger partial charge in [-0.15, -0.1) is 0 Å². The summed E-state index contributed by atoms with van der Waals surface area (Å²) in [5, 5.41) is 6.40. The Kier molecular flexibility index (Phi) is 4.26. The maximum atomic E-state index is 5.68. The molecule has 0 radical (unpaired) electrons. The minimum absolute atomic E-state index is 0.810. The molecule has 24 heavy (non-hydrogen) atoms. The van der Waals surface area contributed by atoms with Crippen molar-refractivity contribution in [1.82, 2.24) is 14.9 Å². The van der Waals surface area contributed by atoms with E-state index in [1.807, 2.05) is 24.5 Å².